The minimum Gasteiger partial charge on any atom is -0.389 e. The van der Waals surface area contributed by atoms with Crippen molar-refractivity contribution < 1.29 is 9.90 Å². The van der Waals surface area contributed by atoms with Crippen LogP contribution in [0.3, 0.4) is 0 Å². The number of nitrogen functional groups attached to an aromatic ring is 1. The fraction of sp³-hybridized carbons (Fsp3) is 0.208. The molecule has 1 saturated heterocycles. The number of likely N-dealkylation sites (tertiary alicyclic amines) is 1. The summed E-state index contributed by atoms with van der Waals surface area (Å²) in [5.74, 6) is -0.185. The van der Waals surface area contributed by atoms with Gasteiger partial charge in [0.05, 0.1) is 23.9 Å². The Kier molecular flexibility index (Phi) is 5.11. The fourth-order valence-corrected chi connectivity index (χ4v) is 4.07. The summed E-state index contributed by atoms with van der Waals surface area (Å²) in [6.07, 6.45) is 2.73. The second-order valence-electron chi connectivity index (χ2n) is 8.08. The van der Waals surface area contributed by atoms with E-state index < -0.39 is 6.10 Å². The van der Waals surface area contributed by atoms with Crippen LogP contribution in [0.25, 0.3) is 32.9 Å². The number of nitrogens with two attached hydrogens (primary N) is 1. The van der Waals surface area contributed by atoms with Gasteiger partial charge in [-0.25, -0.2) is 14.8 Å². The van der Waals surface area contributed by atoms with Gasteiger partial charge < -0.3 is 20.3 Å². The molecule has 4 aromatic rings. The zero-order valence-electron chi connectivity index (χ0n) is 18.3. The monoisotopic (exact) mass is 455 g/mol. The number of fused-ring (bicyclic) bond motifs is 1. The average Bonchev–Trinajstić information content (AvgIpc) is 3.28. The van der Waals surface area contributed by atoms with Gasteiger partial charge in [-0.15, -0.1) is 0 Å². The molecule has 0 atom stereocenters. The van der Waals surface area contributed by atoms with Crippen molar-refractivity contribution in [3.8, 4) is 22.4 Å². The summed E-state index contributed by atoms with van der Waals surface area (Å²) in [6.45, 7) is 10.2. The average molecular weight is 455 g/mol. The molecule has 1 aliphatic rings. The van der Waals surface area contributed by atoms with Crippen LogP contribution >= 0.6 is 0 Å². The van der Waals surface area contributed by atoms with Crippen LogP contribution < -0.4 is 11.3 Å². The fourth-order valence-electron chi connectivity index (χ4n) is 4.07. The number of aromatic nitrogens is 4. The number of pyridine rings is 1. The third-order valence-electron chi connectivity index (χ3n) is 5.87. The third kappa shape index (κ3) is 3.48. The summed E-state index contributed by atoms with van der Waals surface area (Å²) in [7, 11) is 0. The van der Waals surface area contributed by atoms with E-state index in [0.29, 0.717) is 40.3 Å². The number of aryl methyl sites for hydroxylation is 1. The molecule has 3 aromatic heterocycles. The first-order valence-corrected chi connectivity index (χ1v) is 10.7. The van der Waals surface area contributed by atoms with E-state index in [1.54, 1.807) is 39.4 Å². The quantitative estimate of drug-likeness (QED) is 0.455. The van der Waals surface area contributed by atoms with Crippen molar-refractivity contribution in [2.45, 2.75) is 19.6 Å². The zero-order chi connectivity index (χ0) is 24.0. The number of imidazole rings is 1. The molecule has 0 radical (unpaired) electrons. The first kappa shape index (κ1) is 21.4. The summed E-state index contributed by atoms with van der Waals surface area (Å²) in [4.78, 5) is 39.3. The van der Waals surface area contributed by atoms with Gasteiger partial charge in [-0.3, -0.25) is 14.0 Å². The van der Waals surface area contributed by atoms with Crippen molar-refractivity contribution >= 4 is 23.2 Å². The summed E-state index contributed by atoms with van der Waals surface area (Å²) >= 11 is 0. The van der Waals surface area contributed by atoms with Crippen LogP contribution in [0.4, 0.5) is 11.6 Å². The molecule has 1 amide bonds. The maximum atomic E-state index is 12.9. The maximum Gasteiger partial charge on any atom is 0.274 e. The third-order valence-corrected chi connectivity index (χ3v) is 5.87. The summed E-state index contributed by atoms with van der Waals surface area (Å²) in [6, 6.07) is 10.2. The number of amides is 1. The predicted molar refractivity (Wildman–Crippen MR) is 126 cm³/mol. The Bertz CT molecular complexity index is 1540. The molecule has 1 fully saturated rings. The number of hydrogen-bond acceptors (Lipinski definition) is 6. The number of nitrogens with zero attached hydrogens (tertiary/aromatic N) is 6. The SMILES string of the molecule is [C-]#[N+]c1cccc(-c2nc(N)n3cc(C(=O)N4CC(O)C4)nc3c2-c2ccc(=O)n(CC)c2)c1. The normalized spacial score (nSPS) is 13.6. The molecule has 170 valence electrons. The Morgan fingerprint density at radius 3 is 2.71 bits per heavy atom. The maximum absolute atomic E-state index is 12.9. The highest BCUT2D eigenvalue weighted by atomic mass is 16.3. The number of aliphatic hydroxyl groups is 1. The second-order valence-corrected chi connectivity index (χ2v) is 8.08. The van der Waals surface area contributed by atoms with Crippen LogP contribution in [0.15, 0.2) is 53.6 Å². The number of carbonyl (C=O) groups excluding carboxylic acids is 1. The predicted octanol–water partition coefficient (Wildman–Crippen LogP) is 2.19. The van der Waals surface area contributed by atoms with Crippen molar-refractivity contribution in [2.24, 2.45) is 0 Å². The molecule has 1 aromatic carbocycles. The number of aliphatic hydroxyl groups excluding tert-OH is 1. The molecule has 0 bridgehead atoms. The van der Waals surface area contributed by atoms with E-state index in [9.17, 15) is 14.7 Å². The highest BCUT2D eigenvalue weighted by molar-refractivity contribution is 5.97. The first-order chi connectivity index (χ1) is 16.4. The Morgan fingerprint density at radius 2 is 2.00 bits per heavy atom. The molecule has 3 N–H and O–H groups in total. The van der Waals surface area contributed by atoms with Crippen LogP contribution in [0, 0.1) is 6.57 Å². The van der Waals surface area contributed by atoms with Gasteiger partial charge in [-0.2, -0.15) is 0 Å². The van der Waals surface area contributed by atoms with Gasteiger partial charge in [0.15, 0.2) is 11.3 Å². The summed E-state index contributed by atoms with van der Waals surface area (Å²) in [5.41, 5.74) is 9.57. The number of anilines is 1. The number of carbonyl (C=O) groups is 1. The van der Waals surface area contributed by atoms with E-state index >= 15 is 0 Å². The largest absolute Gasteiger partial charge is 0.389 e. The molecule has 34 heavy (non-hydrogen) atoms. The van der Waals surface area contributed by atoms with Crippen LogP contribution in [-0.4, -0.2) is 54.0 Å². The van der Waals surface area contributed by atoms with Gasteiger partial charge in [-0.1, -0.05) is 18.2 Å². The van der Waals surface area contributed by atoms with Crippen LogP contribution in [0.1, 0.15) is 17.4 Å². The lowest BCUT2D eigenvalue weighted by Crippen LogP contribution is -2.53. The molecule has 10 nitrogen and oxygen atoms in total. The smallest absolute Gasteiger partial charge is 0.274 e. The van der Waals surface area contributed by atoms with Gasteiger partial charge in [0, 0.05) is 43.7 Å². The van der Waals surface area contributed by atoms with E-state index in [1.165, 1.54) is 17.2 Å². The van der Waals surface area contributed by atoms with E-state index in [1.807, 2.05) is 13.0 Å². The lowest BCUT2D eigenvalue weighted by Gasteiger charge is -2.35. The molecular formula is C24H21N7O3. The Labute approximate surface area is 194 Å². The van der Waals surface area contributed by atoms with E-state index in [4.69, 9.17) is 12.3 Å². The number of hydrogen-bond donors (Lipinski definition) is 2. The van der Waals surface area contributed by atoms with Crippen LogP contribution in [0.5, 0.6) is 0 Å². The Balaban J connectivity index is 1.78. The molecule has 4 heterocycles. The van der Waals surface area contributed by atoms with Gasteiger partial charge in [-0.05, 0) is 24.6 Å². The van der Waals surface area contributed by atoms with E-state index in [2.05, 4.69) is 14.8 Å². The molecule has 10 heteroatoms. The van der Waals surface area contributed by atoms with E-state index in [-0.39, 0.29) is 36.2 Å². The lowest BCUT2D eigenvalue weighted by atomic mass is 10.0. The van der Waals surface area contributed by atoms with Crippen molar-refractivity contribution in [1.29, 1.82) is 0 Å². The topological polar surface area (TPSA) is 123 Å². The standard InChI is InChI=1S/C24H21N7O3/c1-3-29-10-15(7-8-19(29)33)20-21(14-5-4-6-16(9-14)26-2)28-24(25)31-13-18(27-22(20)31)23(34)30-11-17(32)12-30/h4-10,13,17,32H,3,11-12H2,1H3,(H2,25,28). The van der Waals surface area contributed by atoms with E-state index in [0.717, 1.165) is 0 Å². The zero-order valence-corrected chi connectivity index (χ0v) is 18.3. The lowest BCUT2D eigenvalue weighted by molar-refractivity contribution is 0.00555. The first-order valence-electron chi connectivity index (χ1n) is 10.7. The van der Waals surface area contributed by atoms with Gasteiger partial charge in [0.1, 0.15) is 5.69 Å². The van der Waals surface area contributed by atoms with Crippen LogP contribution in [0.2, 0.25) is 0 Å². The molecule has 0 spiro atoms. The van der Waals surface area contributed by atoms with Crippen molar-refractivity contribution in [3.05, 3.63) is 76.3 Å². The Morgan fingerprint density at radius 1 is 1.21 bits per heavy atom. The number of rotatable bonds is 4. The van der Waals surface area contributed by atoms with Crippen molar-refractivity contribution in [3.63, 3.8) is 0 Å². The van der Waals surface area contributed by atoms with Crippen LogP contribution in [-0.2, 0) is 6.54 Å². The molecule has 0 saturated carbocycles. The molecule has 1 aliphatic heterocycles. The molecule has 0 unspecified atom stereocenters. The van der Waals surface area contributed by atoms with Crippen molar-refractivity contribution in [2.75, 3.05) is 18.8 Å². The highest BCUT2D eigenvalue weighted by Gasteiger charge is 2.31. The molecule has 0 aliphatic carbocycles. The highest BCUT2D eigenvalue weighted by Crippen LogP contribution is 2.36. The number of benzene rings is 1. The minimum atomic E-state index is -0.528. The summed E-state index contributed by atoms with van der Waals surface area (Å²) < 4.78 is 3.11. The van der Waals surface area contributed by atoms with Crippen molar-refractivity contribution in [1.82, 2.24) is 23.8 Å². The molecular weight excluding hydrogens is 434 g/mol. The minimum absolute atomic E-state index is 0.126. The summed E-state index contributed by atoms with van der Waals surface area (Å²) in [5, 5.41) is 9.57. The number of β-amino-alcohol motifs (C(OH)–C–C–N with tert-alkyl or cyclic N) is 1. The molecule has 5 rings (SSSR count). The van der Waals surface area contributed by atoms with Gasteiger partial charge in [0.25, 0.3) is 11.5 Å². The van der Waals surface area contributed by atoms with Gasteiger partial charge in [0.2, 0.25) is 5.95 Å². The second kappa shape index (κ2) is 8.13. The van der Waals surface area contributed by atoms with Gasteiger partial charge >= 0.3 is 0 Å². The Hall–Kier alpha value is -4.49.